The molecule has 1 heterocycles. The van der Waals surface area contributed by atoms with Gasteiger partial charge in [-0.15, -0.1) is 0 Å². The summed E-state index contributed by atoms with van der Waals surface area (Å²) in [5.41, 5.74) is 1.10. The largest absolute Gasteiger partial charge is 0.486 e. The number of hydrogen-bond donors (Lipinski definition) is 2. The molecule has 1 aliphatic rings. The molecule has 0 fully saturated rings. The molecule has 0 spiro atoms. The second kappa shape index (κ2) is 6.71. The number of nitriles is 1. The third-order valence-electron chi connectivity index (χ3n) is 3.28. The number of rotatable bonds is 2. The van der Waals surface area contributed by atoms with Gasteiger partial charge >= 0.3 is 6.03 Å². The highest BCUT2D eigenvalue weighted by molar-refractivity contribution is 6.08. The first-order valence-electron chi connectivity index (χ1n) is 7.18. The molecule has 2 aromatic rings. The number of amides is 3. The summed E-state index contributed by atoms with van der Waals surface area (Å²) in [5.74, 6) is 0.465. The van der Waals surface area contributed by atoms with Crippen LogP contribution in [-0.2, 0) is 0 Å². The van der Waals surface area contributed by atoms with E-state index in [9.17, 15) is 9.59 Å². The molecule has 0 radical (unpaired) electrons. The van der Waals surface area contributed by atoms with Gasteiger partial charge in [0, 0.05) is 11.3 Å². The first kappa shape index (κ1) is 15.4. The lowest BCUT2D eigenvalue weighted by molar-refractivity contribution is 0.0966. The number of carbonyl (C=O) groups excluding carboxylic acids is 2. The molecular formula is C17H13N3O4. The normalized spacial score (nSPS) is 12.0. The highest BCUT2D eigenvalue weighted by atomic mass is 16.6. The highest BCUT2D eigenvalue weighted by Gasteiger charge is 2.16. The number of nitrogens with zero attached hydrogens (tertiary/aromatic N) is 1. The van der Waals surface area contributed by atoms with Gasteiger partial charge in [-0.2, -0.15) is 5.26 Å². The van der Waals surface area contributed by atoms with E-state index in [1.54, 1.807) is 30.3 Å². The minimum absolute atomic E-state index is 0.278. The zero-order valence-electron chi connectivity index (χ0n) is 12.5. The van der Waals surface area contributed by atoms with Gasteiger partial charge in [0.2, 0.25) is 0 Å². The van der Waals surface area contributed by atoms with Gasteiger partial charge in [0.25, 0.3) is 5.91 Å². The van der Waals surface area contributed by atoms with Crippen molar-refractivity contribution in [2.45, 2.75) is 0 Å². The molecule has 120 valence electrons. The van der Waals surface area contributed by atoms with Crippen molar-refractivity contribution in [1.29, 1.82) is 5.26 Å². The van der Waals surface area contributed by atoms with Crippen LogP contribution in [0, 0.1) is 11.3 Å². The average molecular weight is 323 g/mol. The van der Waals surface area contributed by atoms with Crippen LogP contribution in [0.1, 0.15) is 15.9 Å². The van der Waals surface area contributed by atoms with Crippen LogP contribution in [0.2, 0.25) is 0 Å². The minimum atomic E-state index is -0.690. The topological polar surface area (TPSA) is 100 Å². The second-order valence-corrected chi connectivity index (χ2v) is 4.96. The number of carbonyl (C=O) groups is 2. The molecule has 3 rings (SSSR count). The fraction of sp³-hybridized carbons (Fsp3) is 0.118. The van der Waals surface area contributed by atoms with Crippen LogP contribution in [0.25, 0.3) is 0 Å². The Labute approximate surface area is 137 Å². The Kier molecular flexibility index (Phi) is 4.29. The van der Waals surface area contributed by atoms with Crippen molar-refractivity contribution in [3.63, 3.8) is 0 Å². The van der Waals surface area contributed by atoms with Crippen LogP contribution in [-0.4, -0.2) is 25.2 Å². The molecule has 7 heteroatoms. The maximum absolute atomic E-state index is 12.1. The Morgan fingerprint density at radius 3 is 2.62 bits per heavy atom. The van der Waals surface area contributed by atoms with Crippen LogP contribution >= 0.6 is 0 Å². The molecule has 0 unspecified atom stereocenters. The summed E-state index contributed by atoms with van der Waals surface area (Å²) < 4.78 is 10.8. The van der Waals surface area contributed by atoms with E-state index in [1.807, 2.05) is 6.07 Å². The molecule has 7 nitrogen and oxygen atoms in total. The number of urea groups is 1. The van der Waals surface area contributed by atoms with Crippen molar-refractivity contribution < 1.29 is 19.1 Å². The Morgan fingerprint density at radius 1 is 1.04 bits per heavy atom. The van der Waals surface area contributed by atoms with Crippen molar-refractivity contribution in [1.82, 2.24) is 5.32 Å². The molecule has 0 saturated heterocycles. The van der Waals surface area contributed by atoms with Gasteiger partial charge in [0.1, 0.15) is 13.2 Å². The maximum Gasteiger partial charge on any atom is 0.326 e. The number of ether oxygens (including phenoxy) is 2. The lowest BCUT2D eigenvalue weighted by Crippen LogP contribution is -2.34. The first-order valence-corrected chi connectivity index (χ1v) is 7.18. The predicted molar refractivity (Wildman–Crippen MR) is 85.1 cm³/mol. The average Bonchev–Trinajstić information content (AvgIpc) is 2.61. The number of benzene rings is 2. The number of anilines is 1. The van der Waals surface area contributed by atoms with Crippen molar-refractivity contribution in [3.05, 3.63) is 53.6 Å². The zero-order valence-corrected chi connectivity index (χ0v) is 12.5. The Morgan fingerprint density at radius 2 is 1.83 bits per heavy atom. The Hall–Kier alpha value is -3.53. The van der Waals surface area contributed by atoms with E-state index in [0.717, 1.165) is 0 Å². The van der Waals surface area contributed by atoms with E-state index in [4.69, 9.17) is 14.7 Å². The lowest BCUT2D eigenvalue weighted by Gasteiger charge is -2.18. The third-order valence-corrected chi connectivity index (χ3v) is 3.28. The number of imide groups is 1. The smallest absolute Gasteiger partial charge is 0.326 e. The van der Waals surface area contributed by atoms with E-state index in [0.29, 0.717) is 36.0 Å². The quantitative estimate of drug-likeness (QED) is 0.883. The zero-order chi connectivity index (χ0) is 16.9. The molecule has 0 saturated carbocycles. The minimum Gasteiger partial charge on any atom is -0.486 e. The van der Waals surface area contributed by atoms with Crippen molar-refractivity contribution in [2.24, 2.45) is 0 Å². The van der Waals surface area contributed by atoms with Crippen LogP contribution < -0.4 is 20.1 Å². The molecule has 3 amide bonds. The van der Waals surface area contributed by atoms with E-state index in [-0.39, 0.29) is 5.56 Å². The molecule has 2 N–H and O–H groups in total. The van der Waals surface area contributed by atoms with E-state index < -0.39 is 11.9 Å². The first-order chi connectivity index (χ1) is 11.7. The monoisotopic (exact) mass is 323 g/mol. The molecule has 0 bridgehead atoms. The van der Waals surface area contributed by atoms with Crippen LogP contribution in [0.3, 0.4) is 0 Å². The van der Waals surface area contributed by atoms with E-state index >= 15 is 0 Å². The fourth-order valence-electron chi connectivity index (χ4n) is 2.19. The lowest BCUT2D eigenvalue weighted by atomic mass is 10.2. The second-order valence-electron chi connectivity index (χ2n) is 4.96. The summed E-state index contributed by atoms with van der Waals surface area (Å²) >= 11 is 0. The van der Waals surface area contributed by atoms with Gasteiger partial charge in [-0.25, -0.2) is 4.79 Å². The number of hydrogen-bond acceptors (Lipinski definition) is 5. The number of fused-ring (bicyclic) bond motifs is 1. The number of nitrogens with one attached hydrogen (secondary N) is 2. The third kappa shape index (κ3) is 3.44. The van der Waals surface area contributed by atoms with Gasteiger partial charge in [-0.3, -0.25) is 10.1 Å². The van der Waals surface area contributed by atoms with Gasteiger partial charge in [-0.1, -0.05) is 6.07 Å². The molecular weight excluding hydrogens is 310 g/mol. The van der Waals surface area contributed by atoms with Crippen molar-refractivity contribution in [3.8, 4) is 17.6 Å². The predicted octanol–water partition coefficient (Wildman–Crippen LogP) is 2.29. The SMILES string of the molecule is N#Cc1cccc(NC(=O)NC(=O)c2ccc3c(c2)OCCO3)c1. The summed E-state index contributed by atoms with van der Waals surface area (Å²) in [4.78, 5) is 24.0. The molecule has 0 atom stereocenters. The molecule has 24 heavy (non-hydrogen) atoms. The van der Waals surface area contributed by atoms with Crippen molar-refractivity contribution >= 4 is 17.6 Å². The van der Waals surface area contributed by atoms with Gasteiger partial charge in [0.15, 0.2) is 11.5 Å². The van der Waals surface area contributed by atoms with E-state index in [2.05, 4.69) is 10.6 Å². The highest BCUT2D eigenvalue weighted by Crippen LogP contribution is 2.30. The summed E-state index contributed by atoms with van der Waals surface area (Å²) in [6.07, 6.45) is 0. The van der Waals surface area contributed by atoms with Crippen LogP contribution in [0.15, 0.2) is 42.5 Å². The fourth-order valence-corrected chi connectivity index (χ4v) is 2.19. The summed E-state index contributed by atoms with van der Waals surface area (Å²) in [6.45, 7) is 0.872. The van der Waals surface area contributed by atoms with Gasteiger partial charge < -0.3 is 14.8 Å². The maximum atomic E-state index is 12.1. The van der Waals surface area contributed by atoms with Gasteiger partial charge in [-0.05, 0) is 36.4 Å². The van der Waals surface area contributed by atoms with Crippen LogP contribution in [0.4, 0.5) is 10.5 Å². The van der Waals surface area contributed by atoms with E-state index in [1.165, 1.54) is 12.1 Å². The van der Waals surface area contributed by atoms with Crippen LogP contribution in [0.5, 0.6) is 11.5 Å². The van der Waals surface area contributed by atoms with Gasteiger partial charge in [0.05, 0.1) is 11.6 Å². The standard InChI is InChI=1S/C17H13N3O4/c18-10-11-2-1-3-13(8-11)19-17(22)20-16(21)12-4-5-14-15(9-12)24-7-6-23-14/h1-5,8-9H,6-7H2,(H2,19,20,21,22). The summed E-state index contributed by atoms with van der Waals surface area (Å²) in [7, 11) is 0. The molecule has 1 aliphatic heterocycles. The summed E-state index contributed by atoms with van der Waals surface area (Å²) in [6, 6.07) is 12.4. The van der Waals surface area contributed by atoms with Crippen molar-refractivity contribution in [2.75, 3.05) is 18.5 Å². The molecule has 0 aliphatic carbocycles. The summed E-state index contributed by atoms with van der Waals surface area (Å²) in [5, 5.41) is 13.6. The molecule has 2 aromatic carbocycles. The Balaban J connectivity index is 1.66. The Bertz CT molecular complexity index is 842. The molecule has 0 aromatic heterocycles.